The highest BCUT2D eigenvalue weighted by molar-refractivity contribution is 5.97. The van der Waals surface area contributed by atoms with Crippen molar-refractivity contribution in [3.8, 4) is 0 Å². The Bertz CT molecular complexity index is 611. The maximum atomic E-state index is 12.8. The average molecular weight is 381 g/mol. The summed E-state index contributed by atoms with van der Waals surface area (Å²) >= 11 is 0. The summed E-state index contributed by atoms with van der Waals surface area (Å²) in [7, 11) is 0. The number of halogens is 9. The minimum Gasteiger partial charge on any atom is -0.325 e. The molecule has 0 aromatic heterocycles. The van der Waals surface area contributed by atoms with Gasteiger partial charge in [-0.1, -0.05) is 0 Å². The molecule has 1 N–H and O–H groups in total. The fourth-order valence-corrected chi connectivity index (χ4v) is 2.20. The summed E-state index contributed by atoms with van der Waals surface area (Å²) in [4.78, 5) is 11.6. The Morgan fingerprint density at radius 2 is 1.08 bits per heavy atom. The molecule has 142 valence electrons. The Kier molecular flexibility index (Phi) is 5.15. The van der Waals surface area contributed by atoms with E-state index < -0.39 is 35.5 Å². The van der Waals surface area contributed by atoms with Gasteiger partial charge in [0, 0.05) is 5.69 Å². The number of hydrogen-bond acceptors (Lipinski definition) is 1. The molecule has 0 heterocycles. The minimum atomic E-state index is -6.94. The molecule has 0 aliphatic heterocycles. The van der Waals surface area contributed by atoms with Crippen LogP contribution in [-0.2, 0) is 4.79 Å². The smallest absolute Gasteiger partial charge is 0.325 e. The first-order valence-corrected chi connectivity index (χ1v) is 6.56. The molecule has 2 nitrogen and oxygen atoms in total. The van der Waals surface area contributed by atoms with Crippen molar-refractivity contribution >= 4 is 11.6 Å². The molecule has 0 saturated heterocycles. The van der Waals surface area contributed by atoms with Crippen LogP contribution in [0.4, 0.5) is 45.2 Å². The number of aryl methyl sites for hydroxylation is 2. The number of carbonyl (C=O) groups is 1. The van der Waals surface area contributed by atoms with E-state index in [1.165, 1.54) is 13.8 Å². The van der Waals surface area contributed by atoms with Gasteiger partial charge in [0.05, 0.1) is 0 Å². The van der Waals surface area contributed by atoms with E-state index in [4.69, 9.17) is 0 Å². The van der Waals surface area contributed by atoms with Crippen molar-refractivity contribution < 1.29 is 44.3 Å². The highest BCUT2D eigenvalue weighted by Crippen LogP contribution is 2.59. The molecule has 0 saturated carbocycles. The molecule has 0 fully saturated rings. The molecular weight excluding hydrogens is 369 g/mol. The topological polar surface area (TPSA) is 29.1 Å². The van der Waals surface area contributed by atoms with Crippen LogP contribution in [0.15, 0.2) is 12.1 Å². The molecule has 0 aliphatic carbocycles. The number of nitrogens with one attached hydrogen (secondary N) is 1. The van der Waals surface area contributed by atoms with E-state index >= 15 is 0 Å². The predicted molar refractivity (Wildman–Crippen MR) is 69.9 cm³/mol. The molecule has 0 unspecified atom stereocenters. The quantitative estimate of drug-likeness (QED) is 0.699. The molecule has 0 spiro atoms. The van der Waals surface area contributed by atoms with E-state index in [-0.39, 0.29) is 0 Å². The van der Waals surface area contributed by atoms with E-state index in [1.807, 2.05) is 0 Å². The third-order valence-electron chi connectivity index (χ3n) is 3.80. The molecule has 1 rings (SSSR count). The zero-order valence-corrected chi connectivity index (χ0v) is 13.0. The molecule has 1 aromatic carbocycles. The van der Waals surface area contributed by atoms with Gasteiger partial charge in [-0.2, -0.15) is 39.5 Å². The maximum absolute atomic E-state index is 12.8. The number of anilines is 1. The van der Waals surface area contributed by atoms with Crippen LogP contribution < -0.4 is 5.32 Å². The van der Waals surface area contributed by atoms with Crippen LogP contribution in [0.5, 0.6) is 0 Å². The zero-order chi connectivity index (χ0) is 20.0. The number of carbonyl (C=O) groups excluding carboxylic acids is 1. The van der Waals surface area contributed by atoms with Gasteiger partial charge in [-0.05, 0) is 49.6 Å². The van der Waals surface area contributed by atoms with Gasteiger partial charge in [-0.25, -0.2) is 0 Å². The van der Waals surface area contributed by atoms with Gasteiger partial charge < -0.3 is 5.32 Å². The molecule has 0 aliphatic rings. The fourth-order valence-electron chi connectivity index (χ4n) is 2.20. The molecule has 11 heteroatoms. The SMILES string of the molecule is Cc1cc(NC(=O)C(C(F)(F)F)(C(F)(F)F)C(F)(F)F)cc(C)c1C. The molecular formula is C14H12F9NO. The second kappa shape index (κ2) is 6.10. The van der Waals surface area contributed by atoms with Crippen LogP contribution in [0.25, 0.3) is 0 Å². The molecule has 0 atom stereocenters. The normalized spacial score (nSPS) is 13.8. The van der Waals surface area contributed by atoms with Crippen molar-refractivity contribution in [3.05, 3.63) is 28.8 Å². The summed E-state index contributed by atoms with van der Waals surface area (Å²) in [6.07, 6.45) is -20.8. The van der Waals surface area contributed by atoms with Gasteiger partial charge in [0.2, 0.25) is 0 Å². The molecule has 0 radical (unpaired) electrons. The highest BCUT2D eigenvalue weighted by Gasteiger charge is 2.88. The summed E-state index contributed by atoms with van der Waals surface area (Å²) < 4.78 is 116. The van der Waals surface area contributed by atoms with E-state index in [9.17, 15) is 44.3 Å². The Balaban J connectivity index is 3.55. The van der Waals surface area contributed by atoms with Crippen molar-refractivity contribution in [3.63, 3.8) is 0 Å². The molecule has 25 heavy (non-hydrogen) atoms. The van der Waals surface area contributed by atoms with E-state index in [0.717, 1.165) is 17.4 Å². The average Bonchev–Trinajstić information content (AvgIpc) is 2.30. The Morgan fingerprint density at radius 1 is 0.760 bits per heavy atom. The molecule has 1 amide bonds. The summed E-state index contributed by atoms with van der Waals surface area (Å²) in [5.41, 5.74) is -5.79. The number of rotatable bonds is 2. The van der Waals surface area contributed by atoms with E-state index in [2.05, 4.69) is 0 Å². The summed E-state index contributed by atoms with van der Waals surface area (Å²) in [6, 6.07) is 1.96. The molecule has 1 aromatic rings. The highest BCUT2D eigenvalue weighted by atomic mass is 19.4. The Hall–Kier alpha value is -1.94. The fraction of sp³-hybridized carbons (Fsp3) is 0.500. The van der Waals surface area contributed by atoms with Gasteiger partial charge in [0.1, 0.15) is 0 Å². The van der Waals surface area contributed by atoms with Crippen LogP contribution in [0.3, 0.4) is 0 Å². The first kappa shape index (κ1) is 21.1. The largest absolute Gasteiger partial charge is 0.421 e. The predicted octanol–water partition coefficient (Wildman–Crippen LogP) is 5.22. The van der Waals surface area contributed by atoms with E-state index in [0.29, 0.717) is 16.7 Å². The first-order valence-electron chi connectivity index (χ1n) is 6.56. The maximum Gasteiger partial charge on any atom is 0.421 e. The summed E-state index contributed by atoms with van der Waals surface area (Å²) in [6.45, 7) is 4.45. The number of hydrogen-bond donors (Lipinski definition) is 1. The lowest BCUT2D eigenvalue weighted by molar-refractivity contribution is -0.405. The monoisotopic (exact) mass is 381 g/mol. The number of amides is 1. The third-order valence-corrected chi connectivity index (χ3v) is 3.80. The number of benzene rings is 1. The second-order valence-electron chi connectivity index (χ2n) is 5.43. The third kappa shape index (κ3) is 3.40. The van der Waals surface area contributed by atoms with Crippen LogP contribution in [-0.4, -0.2) is 24.4 Å². The lowest BCUT2D eigenvalue weighted by atomic mass is 9.84. The van der Waals surface area contributed by atoms with Gasteiger partial charge in [0.15, 0.2) is 0 Å². The first-order chi connectivity index (χ1) is 11.0. The molecule has 0 bridgehead atoms. The van der Waals surface area contributed by atoms with Crippen LogP contribution in [0.2, 0.25) is 0 Å². The van der Waals surface area contributed by atoms with E-state index in [1.54, 1.807) is 6.92 Å². The standard InChI is InChI=1S/C14H12F9NO/c1-6-4-9(5-7(2)8(6)3)24-10(25)11(12(15,16)17,13(18,19)20)14(21,22)23/h4-5H,1-3H3,(H,24,25). The minimum absolute atomic E-state index is 0.368. The number of alkyl halides is 9. The lowest BCUT2D eigenvalue weighted by Crippen LogP contribution is -2.65. The van der Waals surface area contributed by atoms with Crippen molar-refractivity contribution in [2.45, 2.75) is 39.3 Å². The zero-order valence-electron chi connectivity index (χ0n) is 13.0. The summed E-state index contributed by atoms with van der Waals surface area (Å²) in [5.74, 6) is -3.26. The lowest BCUT2D eigenvalue weighted by Gasteiger charge is -2.36. The van der Waals surface area contributed by atoms with Crippen molar-refractivity contribution in [1.82, 2.24) is 0 Å². The second-order valence-corrected chi connectivity index (χ2v) is 5.43. The Morgan fingerprint density at radius 3 is 1.36 bits per heavy atom. The van der Waals surface area contributed by atoms with Crippen molar-refractivity contribution in [2.24, 2.45) is 5.41 Å². The van der Waals surface area contributed by atoms with Crippen molar-refractivity contribution in [1.29, 1.82) is 0 Å². The van der Waals surface area contributed by atoms with Crippen LogP contribution >= 0.6 is 0 Å². The van der Waals surface area contributed by atoms with Gasteiger partial charge >= 0.3 is 23.9 Å². The van der Waals surface area contributed by atoms with Crippen LogP contribution in [0, 0.1) is 26.2 Å². The Labute approximate surface area is 136 Å². The van der Waals surface area contributed by atoms with Gasteiger partial charge in [-0.3, -0.25) is 4.79 Å². The van der Waals surface area contributed by atoms with Gasteiger partial charge in [0.25, 0.3) is 5.91 Å². The van der Waals surface area contributed by atoms with Gasteiger partial charge in [-0.15, -0.1) is 0 Å². The summed E-state index contributed by atoms with van der Waals surface area (Å²) in [5, 5.41) is 1.11. The van der Waals surface area contributed by atoms with Crippen LogP contribution in [0.1, 0.15) is 16.7 Å². The van der Waals surface area contributed by atoms with Crippen molar-refractivity contribution in [2.75, 3.05) is 5.32 Å².